The van der Waals surface area contributed by atoms with Gasteiger partial charge < -0.3 is 25.2 Å². The van der Waals surface area contributed by atoms with E-state index in [1.807, 2.05) is 6.20 Å². The smallest absolute Gasteiger partial charge is 0.191 e. The van der Waals surface area contributed by atoms with Gasteiger partial charge in [0.1, 0.15) is 5.82 Å². The SMILES string of the molecule is CN=C(NCc1ccc(N2CCN(C)CC2)nc1)NCC1CCCO1.I. The molecule has 2 fully saturated rings. The second-order valence-electron chi connectivity index (χ2n) is 6.76. The fourth-order valence-corrected chi connectivity index (χ4v) is 3.17. The number of aliphatic imine (C=N–C) groups is 1. The van der Waals surface area contributed by atoms with Crippen molar-refractivity contribution in [1.82, 2.24) is 20.5 Å². The van der Waals surface area contributed by atoms with Crippen molar-refractivity contribution in [1.29, 1.82) is 0 Å². The Labute approximate surface area is 173 Å². The molecule has 0 saturated carbocycles. The van der Waals surface area contributed by atoms with Gasteiger partial charge in [-0.1, -0.05) is 6.07 Å². The highest BCUT2D eigenvalue weighted by Crippen LogP contribution is 2.13. The Hall–Kier alpha value is -1.13. The highest BCUT2D eigenvalue weighted by molar-refractivity contribution is 14.0. The molecule has 3 heterocycles. The molecule has 2 N–H and O–H groups in total. The van der Waals surface area contributed by atoms with E-state index in [1.165, 1.54) is 0 Å². The van der Waals surface area contributed by atoms with Crippen molar-refractivity contribution >= 4 is 35.8 Å². The van der Waals surface area contributed by atoms with Gasteiger partial charge in [0, 0.05) is 59.1 Å². The van der Waals surface area contributed by atoms with Crippen LogP contribution in [0.25, 0.3) is 0 Å². The fourth-order valence-electron chi connectivity index (χ4n) is 3.17. The number of likely N-dealkylation sites (N-methyl/N-ethyl adjacent to an activating group) is 1. The second-order valence-corrected chi connectivity index (χ2v) is 6.76. The maximum Gasteiger partial charge on any atom is 0.191 e. The Balaban J connectivity index is 0.00000243. The number of hydrogen-bond donors (Lipinski definition) is 2. The van der Waals surface area contributed by atoms with Crippen molar-refractivity contribution in [3.05, 3.63) is 23.9 Å². The molecule has 3 rings (SSSR count). The van der Waals surface area contributed by atoms with Gasteiger partial charge in [0.15, 0.2) is 5.96 Å². The lowest BCUT2D eigenvalue weighted by atomic mass is 10.2. The third-order valence-electron chi connectivity index (χ3n) is 4.84. The van der Waals surface area contributed by atoms with Crippen LogP contribution in [0.15, 0.2) is 23.3 Å². The normalized spacial score (nSPS) is 21.4. The van der Waals surface area contributed by atoms with Crippen molar-refractivity contribution < 1.29 is 4.74 Å². The summed E-state index contributed by atoms with van der Waals surface area (Å²) in [5, 5.41) is 6.67. The molecule has 26 heavy (non-hydrogen) atoms. The lowest BCUT2D eigenvalue weighted by molar-refractivity contribution is 0.114. The summed E-state index contributed by atoms with van der Waals surface area (Å²) in [4.78, 5) is 13.6. The maximum atomic E-state index is 5.63. The Bertz CT molecular complexity index is 553. The van der Waals surface area contributed by atoms with Gasteiger partial charge in [-0.05, 0) is 31.5 Å². The molecule has 2 aliphatic heterocycles. The zero-order chi connectivity index (χ0) is 17.5. The molecule has 0 spiro atoms. The lowest BCUT2D eigenvalue weighted by Crippen LogP contribution is -2.44. The van der Waals surface area contributed by atoms with Crippen LogP contribution in [-0.4, -0.2) is 75.4 Å². The highest BCUT2D eigenvalue weighted by atomic mass is 127. The first-order valence-corrected chi connectivity index (χ1v) is 9.19. The Morgan fingerprint density at radius 1 is 1.27 bits per heavy atom. The predicted molar refractivity (Wildman–Crippen MR) is 117 cm³/mol. The van der Waals surface area contributed by atoms with E-state index in [1.54, 1.807) is 7.05 Å². The third-order valence-corrected chi connectivity index (χ3v) is 4.84. The minimum absolute atomic E-state index is 0. The van der Waals surface area contributed by atoms with Crippen LogP contribution >= 0.6 is 24.0 Å². The van der Waals surface area contributed by atoms with Crippen LogP contribution in [0.4, 0.5) is 5.82 Å². The number of rotatable bonds is 5. The van der Waals surface area contributed by atoms with E-state index >= 15 is 0 Å². The van der Waals surface area contributed by atoms with Crippen LogP contribution in [0, 0.1) is 0 Å². The number of aromatic nitrogens is 1. The van der Waals surface area contributed by atoms with Crippen LogP contribution in [0.2, 0.25) is 0 Å². The highest BCUT2D eigenvalue weighted by Gasteiger charge is 2.16. The summed E-state index contributed by atoms with van der Waals surface area (Å²) < 4.78 is 5.63. The van der Waals surface area contributed by atoms with E-state index in [-0.39, 0.29) is 24.0 Å². The molecular formula is C18H31IN6O. The number of ether oxygens (including phenoxy) is 1. The number of nitrogens with one attached hydrogen (secondary N) is 2. The summed E-state index contributed by atoms with van der Waals surface area (Å²) in [6.45, 7) is 6.67. The van der Waals surface area contributed by atoms with Crippen molar-refractivity contribution in [2.75, 3.05) is 58.3 Å². The monoisotopic (exact) mass is 474 g/mol. The summed E-state index contributed by atoms with van der Waals surface area (Å²) in [5.74, 6) is 1.87. The van der Waals surface area contributed by atoms with Crippen molar-refractivity contribution in [2.24, 2.45) is 4.99 Å². The van der Waals surface area contributed by atoms with E-state index in [9.17, 15) is 0 Å². The number of piperazine rings is 1. The van der Waals surface area contributed by atoms with E-state index in [2.05, 4.69) is 49.6 Å². The van der Waals surface area contributed by atoms with E-state index < -0.39 is 0 Å². The van der Waals surface area contributed by atoms with E-state index in [4.69, 9.17) is 4.74 Å². The van der Waals surface area contributed by atoms with Gasteiger partial charge in [0.25, 0.3) is 0 Å². The summed E-state index contributed by atoms with van der Waals surface area (Å²) in [6, 6.07) is 4.26. The zero-order valence-electron chi connectivity index (χ0n) is 15.8. The topological polar surface area (TPSA) is 65.0 Å². The average Bonchev–Trinajstić information content (AvgIpc) is 3.17. The van der Waals surface area contributed by atoms with Gasteiger partial charge in [0.2, 0.25) is 0 Å². The van der Waals surface area contributed by atoms with Crippen LogP contribution in [-0.2, 0) is 11.3 Å². The number of halogens is 1. The number of hydrogen-bond acceptors (Lipinski definition) is 5. The van der Waals surface area contributed by atoms with Crippen LogP contribution in [0.5, 0.6) is 0 Å². The van der Waals surface area contributed by atoms with Gasteiger partial charge in [-0.2, -0.15) is 0 Å². The van der Waals surface area contributed by atoms with Crippen LogP contribution < -0.4 is 15.5 Å². The van der Waals surface area contributed by atoms with Gasteiger partial charge >= 0.3 is 0 Å². The lowest BCUT2D eigenvalue weighted by Gasteiger charge is -2.33. The minimum Gasteiger partial charge on any atom is -0.376 e. The van der Waals surface area contributed by atoms with Gasteiger partial charge in [-0.15, -0.1) is 24.0 Å². The first-order valence-electron chi connectivity index (χ1n) is 9.19. The first-order chi connectivity index (χ1) is 12.2. The van der Waals surface area contributed by atoms with Gasteiger partial charge in [0.05, 0.1) is 6.10 Å². The summed E-state index contributed by atoms with van der Waals surface area (Å²) >= 11 is 0. The first kappa shape index (κ1) is 21.2. The molecule has 1 aromatic heterocycles. The zero-order valence-corrected chi connectivity index (χ0v) is 18.1. The molecular weight excluding hydrogens is 443 g/mol. The molecule has 0 amide bonds. The molecule has 0 aliphatic carbocycles. The summed E-state index contributed by atoms with van der Waals surface area (Å²) in [5.41, 5.74) is 1.15. The standard InChI is InChI=1S/C18H30N6O.HI/c1-19-18(22-14-16-4-3-11-25-16)21-13-15-5-6-17(20-12-15)24-9-7-23(2)8-10-24;/h5-6,12,16H,3-4,7-11,13-14H2,1-2H3,(H2,19,21,22);1H. The Morgan fingerprint density at radius 2 is 2.08 bits per heavy atom. The van der Waals surface area contributed by atoms with E-state index in [0.717, 1.165) is 69.5 Å². The fraction of sp³-hybridized carbons (Fsp3) is 0.667. The number of anilines is 1. The number of pyridine rings is 1. The van der Waals surface area contributed by atoms with Crippen LogP contribution in [0.3, 0.4) is 0 Å². The molecule has 2 saturated heterocycles. The Morgan fingerprint density at radius 3 is 2.69 bits per heavy atom. The maximum absolute atomic E-state index is 5.63. The second kappa shape index (κ2) is 10.9. The van der Waals surface area contributed by atoms with E-state index in [0.29, 0.717) is 12.6 Å². The molecule has 1 unspecified atom stereocenters. The largest absolute Gasteiger partial charge is 0.376 e. The molecule has 0 radical (unpaired) electrons. The minimum atomic E-state index is 0. The van der Waals surface area contributed by atoms with Gasteiger partial charge in [-0.3, -0.25) is 4.99 Å². The van der Waals surface area contributed by atoms with Crippen LogP contribution in [0.1, 0.15) is 18.4 Å². The molecule has 0 bridgehead atoms. The summed E-state index contributed by atoms with van der Waals surface area (Å²) in [6.07, 6.45) is 4.54. The number of guanidine groups is 1. The molecule has 1 aromatic rings. The average molecular weight is 474 g/mol. The molecule has 0 aromatic carbocycles. The summed E-state index contributed by atoms with van der Waals surface area (Å²) in [7, 11) is 3.96. The predicted octanol–water partition coefficient (Wildman–Crippen LogP) is 1.30. The molecule has 7 nitrogen and oxygen atoms in total. The molecule has 146 valence electrons. The third kappa shape index (κ3) is 6.24. The van der Waals surface area contributed by atoms with Crippen molar-refractivity contribution in [3.63, 3.8) is 0 Å². The molecule has 8 heteroatoms. The quantitative estimate of drug-likeness (QED) is 0.381. The van der Waals surface area contributed by atoms with Crippen molar-refractivity contribution in [3.8, 4) is 0 Å². The molecule has 1 atom stereocenters. The number of nitrogens with zero attached hydrogens (tertiary/aromatic N) is 4. The Kier molecular flexibility index (Phi) is 8.86. The molecule has 2 aliphatic rings. The van der Waals surface area contributed by atoms with Gasteiger partial charge in [-0.25, -0.2) is 4.98 Å². The van der Waals surface area contributed by atoms with Crippen molar-refractivity contribution in [2.45, 2.75) is 25.5 Å².